The second-order valence-corrected chi connectivity index (χ2v) is 7.20. The van der Waals surface area contributed by atoms with E-state index in [9.17, 15) is 9.59 Å². The van der Waals surface area contributed by atoms with Gasteiger partial charge in [-0.2, -0.15) is 0 Å². The molecule has 7 heteroatoms. The predicted molar refractivity (Wildman–Crippen MR) is 95.1 cm³/mol. The lowest BCUT2D eigenvalue weighted by atomic mass is 10.2. The minimum atomic E-state index is -0.428. The van der Waals surface area contributed by atoms with Gasteiger partial charge in [0, 0.05) is 24.2 Å². The van der Waals surface area contributed by atoms with Gasteiger partial charge in [-0.1, -0.05) is 6.92 Å². The van der Waals surface area contributed by atoms with Crippen LogP contribution in [0.4, 0.5) is 0 Å². The lowest BCUT2D eigenvalue weighted by Gasteiger charge is -2.23. The van der Waals surface area contributed by atoms with Gasteiger partial charge in [-0.15, -0.1) is 11.8 Å². The van der Waals surface area contributed by atoms with Gasteiger partial charge in [-0.05, 0) is 38.0 Å². The Morgan fingerprint density at radius 2 is 2.29 bits per heavy atom. The molecule has 0 bridgehead atoms. The first kappa shape index (κ1) is 16.8. The lowest BCUT2D eigenvalue weighted by Crippen LogP contribution is -2.49. The number of carbonyl (C=O) groups excluding carboxylic acids is 2. The average molecular weight is 346 g/mol. The third-order valence-corrected chi connectivity index (χ3v) is 5.29. The first-order valence-corrected chi connectivity index (χ1v) is 9.29. The number of thioether (sulfide) groups is 1. The van der Waals surface area contributed by atoms with Crippen molar-refractivity contribution >= 4 is 29.2 Å². The second kappa shape index (κ2) is 6.84. The van der Waals surface area contributed by atoms with E-state index < -0.39 is 6.04 Å². The number of fused-ring (bicyclic) bond motifs is 1. The van der Waals surface area contributed by atoms with Crippen molar-refractivity contribution in [2.24, 2.45) is 0 Å². The van der Waals surface area contributed by atoms with E-state index in [1.807, 2.05) is 43.5 Å². The van der Waals surface area contributed by atoms with Gasteiger partial charge >= 0.3 is 0 Å². The summed E-state index contributed by atoms with van der Waals surface area (Å²) >= 11 is 1.60. The molecule has 2 amide bonds. The zero-order valence-corrected chi connectivity index (χ0v) is 15.0. The molecule has 3 rings (SSSR count). The molecular formula is C17H22N4O2S. The van der Waals surface area contributed by atoms with Gasteiger partial charge in [0.05, 0.1) is 5.88 Å². The van der Waals surface area contributed by atoms with Crippen LogP contribution in [-0.2, 0) is 4.79 Å². The van der Waals surface area contributed by atoms with E-state index in [4.69, 9.17) is 0 Å². The van der Waals surface area contributed by atoms with Gasteiger partial charge in [0.1, 0.15) is 17.4 Å². The van der Waals surface area contributed by atoms with Crippen molar-refractivity contribution in [1.29, 1.82) is 0 Å². The molecule has 1 saturated heterocycles. The van der Waals surface area contributed by atoms with E-state index >= 15 is 0 Å². The highest BCUT2D eigenvalue weighted by atomic mass is 32.2. The summed E-state index contributed by atoms with van der Waals surface area (Å²) < 4.78 is 1.83. The number of nitrogens with one attached hydrogen (secondary N) is 1. The van der Waals surface area contributed by atoms with Crippen LogP contribution in [0.1, 0.15) is 36.3 Å². The van der Waals surface area contributed by atoms with Crippen LogP contribution in [0, 0.1) is 6.92 Å². The Bertz CT molecular complexity index is 773. The van der Waals surface area contributed by atoms with Crippen molar-refractivity contribution in [1.82, 2.24) is 19.6 Å². The summed E-state index contributed by atoms with van der Waals surface area (Å²) in [5.41, 5.74) is 2.21. The average Bonchev–Trinajstić information content (AvgIpc) is 3.20. The molecule has 1 aliphatic heterocycles. The third-order valence-electron chi connectivity index (χ3n) is 4.28. The molecule has 1 N–H and O–H groups in total. The number of carbonyl (C=O) groups is 2. The van der Waals surface area contributed by atoms with E-state index in [1.54, 1.807) is 22.9 Å². The van der Waals surface area contributed by atoms with Gasteiger partial charge in [0.2, 0.25) is 5.91 Å². The Balaban J connectivity index is 1.80. The largest absolute Gasteiger partial charge is 0.352 e. The Morgan fingerprint density at radius 1 is 1.50 bits per heavy atom. The molecule has 0 unspecified atom stereocenters. The highest BCUT2D eigenvalue weighted by molar-refractivity contribution is 7.99. The normalized spacial score (nSPS) is 18.8. The number of hydrogen-bond acceptors (Lipinski definition) is 4. The summed E-state index contributed by atoms with van der Waals surface area (Å²) in [7, 11) is 0. The summed E-state index contributed by atoms with van der Waals surface area (Å²) in [6, 6.07) is 3.58. The zero-order valence-electron chi connectivity index (χ0n) is 14.2. The van der Waals surface area contributed by atoms with Gasteiger partial charge in [0.15, 0.2) is 0 Å². The number of pyridine rings is 1. The summed E-state index contributed by atoms with van der Waals surface area (Å²) in [5.74, 6) is 0.873. The monoisotopic (exact) mass is 346 g/mol. The fourth-order valence-electron chi connectivity index (χ4n) is 2.64. The smallest absolute Gasteiger partial charge is 0.275 e. The predicted octanol–water partition coefficient (Wildman–Crippen LogP) is 2.07. The van der Waals surface area contributed by atoms with Gasteiger partial charge in [-0.25, -0.2) is 4.98 Å². The fourth-order valence-corrected chi connectivity index (χ4v) is 3.79. The molecular weight excluding hydrogens is 324 g/mol. The standard InChI is InChI=1S/C17H22N4O2S/c1-4-12(3)18-16(22)14-9-24-10-21(14)17(23)13-8-20-6-5-11(2)7-15(20)19-13/h5-8,12,14H,4,9-10H2,1-3H3,(H,18,22)/t12-,14+/m1/s1. The third kappa shape index (κ3) is 3.26. The summed E-state index contributed by atoms with van der Waals surface area (Å²) in [5, 5.41) is 2.97. The molecule has 24 heavy (non-hydrogen) atoms. The fraction of sp³-hybridized carbons (Fsp3) is 0.471. The number of aromatic nitrogens is 2. The SMILES string of the molecule is CC[C@@H](C)NC(=O)[C@@H]1CSCN1C(=O)c1cn2ccc(C)cc2n1. The van der Waals surface area contributed by atoms with Crippen molar-refractivity contribution in [3.63, 3.8) is 0 Å². The van der Waals surface area contributed by atoms with E-state index in [-0.39, 0.29) is 17.9 Å². The maximum Gasteiger partial charge on any atom is 0.275 e. The molecule has 2 aromatic heterocycles. The molecule has 6 nitrogen and oxygen atoms in total. The van der Waals surface area contributed by atoms with Crippen molar-refractivity contribution in [2.75, 3.05) is 11.6 Å². The van der Waals surface area contributed by atoms with Crippen LogP contribution in [0.15, 0.2) is 24.5 Å². The van der Waals surface area contributed by atoms with E-state index in [0.717, 1.165) is 17.6 Å². The topological polar surface area (TPSA) is 66.7 Å². The molecule has 2 aromatic rings. The Kier molecular flexibility index (Phi) is 4.80. The maximum atomic E-state index is 12.8. The molecule has 1 aliphatic rings. The molecule has 0 spiro atoms. The summed E-state index contributed by atoms with van der Waals surface area (Å²) in [4.78, 5) is 31.3. The molecule has 0 radical (unpaired) electrons. The quantitative estimate of drug-likeness (QED) is 0.920. The second-order valence-electron chi connectivity index (χ2n) is 6.20. The first-order valence-electron chi connectivity index (χ1n) is 8.14. The van der Waals surface area contributed by atoms with Crippen LogP contribution in [0.2, 0.25) is 0 Å². The van der Waals surface area contributed by atoms with E-state index in [1.165, 1.54) is 0 Å². The number of hydrogen-bond donors (Lipinski definition) is 1. The maximum absolute atomic E-state index is 12.8. The van der Waals surface area contributed by atoms with Crippen LogP contribution in [0.3, 0.4) is 0 Å². The van der Waals surface area contributed by atoms with Crippen LogP contribution in [-0.4, -0.2) is 49.8 Å². The first-order chi connectivity index (χ1) is 11.5. The van der Waals surface area contributed by atoms with Gasteiger partial charge in [0.25, 0.3) is 5.91 Å². The van der Waals surface area contributed by atoms with Crippen LogP contribution >= 0.6 is 11.8 Å². The molecule has 1 fully saturated rings. The number of imidazole rings is 1. The number of rotatable bonds is 4. The van der Waals surface area contributed by atoms with Gasteiger partial charge in [-0.3, -0.25) is 9.59 Å². The molecule has 0 aromatic carbocycles. The zero-order chi connectivity index (χ0) is 17.3. The highest BCUT2D eigenvalue weighted by Gasteiger charge is 2.36. The number of nitrogens with zero attached hydrogens (tertiary/aromatic N) is 3. The molecule has 3 heterocycles. The van der Waals surface area contributed by atoms with Crippen molar-refractivity contribution < 1.29 is 9.59 Å². The van der Waals surface area contributed by atoms with Crippen LogP contribution in [0.25, 0.3) is 5.65 Å². The summed E-state index contributed by atoms with van der Waals surface area (Å²) in [6.07, 6.45) is 4.48. The van der Waals surface area contributed by atoms with Crippen molar-refractivity contribution in [2.45, 2.75) is 39.3 Å². The van der Waals surface area contributed by atoms with Gasteiger partial charge < -0.3 is 14.6 Å². The molecule has 0 aliphatic carbocycles. The summed E-state index contributed by atoms with van der Waals surface area (Å²) in [6.45, 7) is 5.98. The highest BCUT2D eigenvalue weighted by Crippen LogP contribution is 2.23. The van der Waals surface area contributed by atoms with E-state index in [0.29, 0.717) is 17.3 Å². The molecule has 128 valence electrons. The minimum Gasteiger partial charge on any atom is -0.352 e. The van der Waals surface area contributed by atoms with Crippen molar-refractivity contribution in [3.05, 3.63) is 35.8 Å². The number of amides is 2. The number of aryl methyl sites for hydroxylation is 1. The van der Waals surface area contributed by atoms with Crippen LogP contribution < -0.4 is 5.32 Å². The Morgan fingerprint density at radius 3 is 3.04 bits per heavy atom. The molecule has 2 atom stereocenters. The minimum absolute atomic E-state index is 0.0812. The lowest BCUT2D eigenvalue weighted by molar-refractivity contribution is -0.125. The Hall–Kier alpha value is -2.02. The van der Waals surface area contributed by atoms with E-state index in [2.05, 4.69) is 10.3 Å². The molecule has 0 saturated carbocycles. The van der Waals surface area contributed by atoms with Crippen LogP contribution in [0.5, 0.6) is 0 Å². The Labute approximate surface area is 145 Å². The van der Waals surface area contributed by atoms with Crippen molar-refractivity contribution in [3.8, 4) is 0 Å².